The summed E-state index contributed by atoms with van der Waals surface area (Å²) in [5, 5.41) is 5.13. The summed E-state index contributed by atoms with van der Waals surface area (Å²) in [6, 6.07) is 14.1. The predicted molar refractivity (Wildman–Crippen MR) is 82.6 cm³/mol. The summed E-state index contributed by atoms with van der Waals surface area (Å²) in [4.78, 5) is 12.0. The molecule has 1 fully saturated rings. The van der Waals surface area contributed by atoms with Crippen molar-refractivity contribution in [2.75, 3.05) is 11.5 Å². The van der Waals surface area contributed by atoms with Crippen molar-refractivity contribution in [2.24, 2.45) is 5.92 Å². The van der Waals surface area contributed by atoms with Crippen LogP contribution in [-0.4, -0.2) is 25.8 Å². The molecule has 110 valence electrons. The van der Waals surface area contributed by atoms with Gasteiger partial charge in [0.1, 0.15) is 0 Å². The Bertz CT molecular complexity index is 783. The van der Waals surface area contributed by atoms with Crippen molar-refractivity contribution < 1.29 is 13.2 Å². The van der Waals surface area contributed by atoms with Gasteiger partial charge in [-0.05, 0) is 28.8 Å². The van der Waals surface area contributed by atoms with Crippen LogP contribution in [0.1, 0.15) is 12.0 Å². The number of sulfone groups is 1. The first-order valence-corrected chi connectivity index (χ1v) is 8.81. The number of fused-ring (bicyclic) bond motifs is 1. The summed E-state index contributed by atoms with van der Waals surface area (Å²) in [6.45, 7) is 0.431. The SMILES string of the molecule is O=C(NCc1ccc2ccccc2c1)C1CCS(=O)(=O)C1. The molecule has 1 N–H and O–H groups in total. The van der Waals surface area contributed by atoms with E-state index in [4.69, 9.17) is 0 Å². The zero-order valence-electron chi connectivity index (χ0n) is 11.6. The largest absolute Gasteiger partial charge is 0.352 e. The second-order valence-electron chi connectivity index (χ2n) is 5.50. The van der Waals surface area contributed by atoms with Crippen LogP contribution in [0.25, 0.3) is 10.8 Å². The van der Waals surface area contributed by atoms with E-state index in [1.54, 1.807) is 0 Å². The number of amides is 1. The van der Waals surface area contributed by atoms with Gasteiger partial charge in [-0.25, -0.2) is 8.42 Å². The maximum absolute atomic E-state index is 12.0. The zero-order chi connectivity index (χ0) is 14.9. The molecule has 1 heterocycles. The molecule has 21 heavy (non-hydrogen) atoms. The van der Waals surface area contributed by atoms with E-state index in [-0.39, 0.29) is 17.4 Å². The topological polar surface area (TPSA) is 63.2 Å². The number of nitrogens with one attached hydrogen (secondary N) is 1. The smallest absolute Gasteiger partial charge is 0.224 e. The van der Waals surface area contributed by atoms with E-state index in [9.17, 15) is 13.2 Å². The number of benzene rings is 2. The fourth-order valence-electron chi connectivity index (χ4n) is 2.68. The molecule has 2 aromatic carbocycles. The summed E-state index contributed by atoms with van der Waals surface area (Å²) >= 11 is 0. The van der Waals surface area contributed by atoms with E-state index in [1.165, 1.54) is 0 Å². The maximum atomic E-state index is 12.0. The van der Waals surface area contributed by atoms with Crippen LogP contribution in [0, 0.1) is 5.92 Å². The average molecular weight is 303 g/mol. The number of hydrogen-bond acceptors (Lipinski definition) is 3. The summed E-state index contributed by atoms with van der Waals surface area (Å²) in [5.74, 6) is -0.447. The molecule has 0 spiro atoms. The summed E-state index contributed by atoms with van der Waals surface area (Å²) in [6.07, 6.45) is 0.436. The minimum Gasteiger partial charge on any atom is -0.352 e. The molecule has 1 aliphatic heterocycles. The first-order chi connectivity index (χ1) is 10.0. The lowest BCUT2D eigenvalue weighted by Crippen LogP contribution is -2.30. The molecule has 5 heteroatoms. The third-order valence-corrected chi connectivity index (χ3v) is 5.65. The van der Waals surface area contributed by atoms with Crippen LogP contribution in [0.5, 0.6) is 0 Å². The van der Waals surface area contributed by atoms with Crippen molar-refractivity contribution >= 4 is 26.5 Å². The first-order valence-electron chi connectivity index (χ1n) is 6.99. The van der Waals surface area contributed by atoms with Gasteiger partial charge in [-0.2, -0.15) is 0 Å². The van der Waals surface area contributed by atoms with Crippen molar-refractivity contribution in [1.82, 2.24) is 5.32 Å². The van der Waals surface area contributed by atoms with E-state index in [0.717, 1.165) is 16.3 Å². The number of rotatable bonds is 3. The van der Waals surface area contributed by atoms with E-state index < -0.39 is 15.8 Å². The van der Waals surface area contributed by atoms with Crippen molar-refractivity contribution in [2.45, 2.75) is 13.0 Å². The molecule has 1 saturated heterocycles. The predicted octanol–water partition coefficient (Wildman–Crippen LogP) is 1.89. The van der Waals surface area contributed by atoms with E-state index >= 15 is 0 Å². The number of carbonyl (C=O) groups is 1. The highest BCUT2D eigenvalue weighted by Crippen LogP contribution is 2.19. The molecule has 0 aromatic heterocycles. The Kier molecular flexibility index (Phi) is 3.68. The highest BCUT2D eigenvalue weighted by molar-refractivity contribution is 7.91. The molecule has 1 unspecified atom stereocenters. The van der Waals surface area contributed by atoms with Crippen LogP contribution >= 0.6 is 0 Å². The molecule has 2 aromatic rings. The Morgan fingerprint density at radius 3 is 2.62 bits per heavy atom. The Hall–Kier alpha value is -1.88. The van der Waals surface area contributed by atoms with Gasteiger partial charge in [0.15, 0.2) is 9.84 Å². The van der Waals surface area contributed by atoms with Crippen LogP contribution in [0.2, 0.25) is 0 Å². The highest BCUT2D eigenvalue weighted by atomic mass is 32.2. The molecule has 1 atom stereocenters. The van der Waals surface area contributed by atoms with Gasteiger partial charge < -0.3 is 5.32 Å². The van der Waals surface area contributed by atoms with E-state index in [2.05, 4.69) is 5.32 Å². The van der Waals surface area contributed by atoms with Crippen molar-refractivity contribution in [3.63, 3.8) is 0 Å². The Morgan fingerprint density at radius 1 is 1.14 bits per heavy atom. The van der Waals surface area contributed by atoms with Gasteiger partial charge in [0.05, 0.1) is 17.4 Å². The molecular formula is C16H17NO3S. The second-order valence-corrected chi connectivity index (χ2v) is 7.73. The highest BCUT2D eigenvalue weighted by Gasteiger charge is 2.32. The van der Waals surface area contributed by atoms with Crippen LogP contribution < -0.4 is 5.32 Å². The third kappa shape index (κ3) is 3.24. The van der Waals surface area contributed by atoms with E-state index in [0.29, 0.717) is 13.0 Å². The summed E-state index contributed by atoms with van der Waals surface area (Å²) in [5.41, 5.74) is 1.02. The number of carbonyl (C=O) groups excluding carboxylic acids is 1. The van der Waals surface area contributed by atoms with Gasteiger partial charge in [0, 0.05) is 6.54 Å². The average Bonchev–Trinajstić information content (AvgIpc) is 2.85. The van der Waals surface area contributed by atoms with Crippen molar-refractivity contribution in [3.05, 3.63) is 48.0 Å². The molecule has 3 rings (SSSR count). The van der Waals surface area contributed by atoms with Crippen LogP contribution in [-0.2, 0) is 21.2 Å². The Labute approximate surface area is 124 Å². The molecule has 4 nitrogen and oxygen atoms in total. The second kappa shape index (κ2) is 5.48. The first kappa shape index (κ1) is 14.1. The van der Waals surface area contributed by atoms with Gasteiger partial charge in [-0.3, -0.25) is 4.79 Å². The Morgan fingerprint density at radius 2 is 1.90 bits per heavy atom. The molecule has 0 aliphatic carbocycles. The third-order valence-electron chi connectivity index (χ3n) is 3.88. The van der Waals surface area contributed by atoms with Crippen LogP contribution in [0.3, 0.4) is 0 Å². The van der Waals surface area contributed by atoms with Crippen LogP contribution in [0.15, 0.2) is 42.5 Å². The molecule has 0 bridgehead atoms. The summed E-state index contributed by atoms with van der Waals surface area (Å²) in [7, 11) is -3.01. The van der Waals surface area contributed by atoms with Gasteiger partial charge >= 0.3 is 0 Å². The fraction of sp³-hybridized carbons (Fsp3) is 0.312. The lowest BCUT2D eigenvalue weighted by molar-refractivity contribution is -0.124. The van der Waals surface area contributed by atoms with Crippen molar-refractivity contribution in [1.29, 1.82) is 0 Å². The van der Waals surface area contributed by atoms with Gasteiger partial charge in [-0.15, -0.1) is 0 Å². The van der Waals surface area contributed by atoms with E-state index in [1.807, 2.05) is 42.5 Å². The lowest BCUT2D eigenvalue weighted by Gasteiger charge is -2.10. The van der Waals surface area contributed by atoms with Gasteiger partial charge in [0.2, 0.25) is 5.91 Å². The molecule has 1 aliphatic rings. The molecule has 1 amide bonds. The minimum absolute atomic E-state index is 0.0173. The van der Waals surface area contributed by atoms with Crippen molar-refractivity contribution in [3.8, 4) is 0 Å². The molecule has 0 radical (unpaired) electrons. The Balaban J connectivity index is 1.65. The van der Waals surface area contributed by atoms with Gasteiger partial charge in [-0.1, -0.05) is 36.4 Å². The van der Waals surface area contributed by atoms with Gasteiger partial charge in [0.25, 0.3) is 0 Å². The minimum atomic E-state index is -3.01. The van der Waals surface area contributed by atoms with Crippen LogP contribution in [0.4, 0.5) is 0 Å². The monoisotopic (exact) mass is 303 g/mol. The quantitative estimate of drug-likeness (QED) is 0.942. The normalized spacial score (nSPS) is 20.5. The number of hydrogen-bond donors (Lipinski definition) is 1. The lowest BCUT2D eigenvalue weighted by atomic mass is 10.1. The molecule has 0 saturated carbocycles. The molecular weight excluding hydrogens is 286 g/mol. The summed E-state index contributed by atoms with van der Waals surface area (Å²) < 4.78 is 22.8. The fourth-order valence-corrected chi connectivity index (χ4v) is 4.43. The zero-order valence-corrected chi connectivity index (χ0v) is 12.4. The maximum Gasteiger partial charge on any atom is 0.224 e. The standard InChI is InChI=1S/C16H17NO3S/c18-16(15-7-8-21(19,20)11-15)17-10-12-5-6-13-3-1-2-4-14(13)9-12/h1-6,9,15H,7-8,10-11H2,(H,17,18).